The van der Waals surface area contributed by atoms with Gasteiger partial charge in [0.15, 0.2) is 0 Å². The van der Waals surface area contributed by atoms with E-state index in [0.29, 0.717) is 16.6 Å². The summed E-state index contributed by atoms with van der Waals surface area (Å²) >= 11 is 1.38. The molecule has 130 valence electrons. The van der Waals surface area contributed by atoms with Crippen molar-refractivity contribution < 1.29 is 0 Å². The van der Waals surface area contributed by atoms with Gasteiger partial charge < -0.3 is 0 Å². The molecule has 0 spiro atoms. The highest BCUT2D eigenvalue weighted by Gasteiger charge is 2.14. The third kappa shape index (κ3) is 3.14. The summed E-state index contributed by atoms with van der Waals surface area (Å²) in [5.41, 5.74) is 3.01. The van der Waals surface area contributed by atoms with Gasteiger partial charge >= 0.3 is 5.69 Å². The molecular formula is C16H18N6O2S. The van der Waals surface area contributed by atoms with Gasteiger partial charge in [0.1, 0.15) is 0 Å². The molecule has 2 heterocycles. The summed E-state index contributed by atoms with van der Waals surface area (Å²) in [4.78, 5) is 23.9. The smallest absolute Gasteiger partial charge is 0.300 e. The SMILES string of the molecule is Cc1cccc(C)c1-n1nnnc1SCc1cc(=O)n(C)c(=O)n1C. The maximum atomic E-state index is 12.0. The minimum absolute atomic E-state index is 0.326. The number of benzene rings is 1. The van der Waals surface area contributed by atoms with E-state index in [1.54, 1.807) is 11.7 Å². The molecule has 25 heavy (non-hydrogen) atoms. The number of hydrogen-bond acceptors (Lipinski definition) is 6. The number of aryl methyl sites for hydroxylation is 2. The Morgan fingerprint density at radius 2 is 1.76 bits per heavy atom. The number of thioether (sulfide) groups is 1. The highest BCUT2D eigenvalue weighted by atomic mass is 32.2. The molecule has 0 aliphatic heterocycles. The molecule has 1 aromatic carbocycles. The van der Waals surface area contributed by atoms with Crippen molar-refractivity contribution in [1.29, 1.82) is 0 Å². The van der Waals surface area contributed by atoms with Crippen molar-refractivity contribution in [2.75, 3.05) is 0 Å². The van der Waals surface area contributed by atoms with Crippen LogP contribution in [0, 0.1) is 13.8 Å². The van der Waals surface area contributed by atoms with Crippen molar-refractivity contribution in [2.24, 2.45) is 14.1 Å². The molecule has 0 radical (unpaired) electrons. The van der Waals surface area contributed by atoms with Crippen LogP contribution in [-0.4, -0.2) is 29.3 Å². The number of aromatic nitrogens is 6. The minimum Gasteiger partial charge on any atom is -0.300 e. The van der Waals surface area contributed by atoms with Crippen LogP contribution in [0.2, 0.25) is 0 Å². The van der Waals surface area contributed by atoms with Crippen molar-refractivity contribution in [2.45, 2.75) is 24.8 Å². The van der Waals surface area contributed by atoms with Crippen molar-refractivity contribution in [3.05, 3.63) is 61.9 Å². The largest absolute Gasteiger partial charge is 0.330 e. The molecule has 2 aromatic heterocycles. The number of hydrogen-bond donors (Lipinski definition) is 0. The fourth-order valence-electron chi connectivity index (χ4n) is 2.60. The van der Waals surface area contributed by atoms with Gasteiger partial charge in [-0.15, -0.1) is 5.10 Å². The average Bonchev–Trinajstić information content (AvgIpc) is 3.03. The maximum absolute atomic E-state index is 12.0. The second-order valence-corrected chi connectivity index (χ2v) is 6.72. The van der Waals surface area contributed by atoms with E-state index in [1.807, 2.05) is 32.0 Å². The fraction of sp³-hybridized carbons (Fsp3) is 0.312. The van der Waals surface area contributed by atoms with E-state index >= 15 is 0 Å². The predicted octanol–water partition coefficient (Wildman–Crippen LogP) is 0.969. The molecule has 0 unspecified atom stereocenters. The molecule has 0 aliphatic rings. The van der Waals surface area contributed by atoms with Gasteiger partial charge in [-0.2, -0.15) is 4.68 Å². The van der Waals surface area contributed by atoms with E-state index in [1.165, 1.54) is 29.4 Å². The summed E-state index contributed by atoms with van der Waals surface area (Å²) in [5.74, 6) is 0.410. The van der Waals surface area contributed by atoms with Gasteiger partial charge in [0, 0.05) is 31.6 Å². The van der Waals surface area contributed by atoms with Crippen molar-refractivity contribution in [3.8, 4) is 5.69 Å². The molecular weight excluding hydrogens is 340 g/mol. The minimum atomic E-state index is -0.350. The van der Waals surface area contributed by atoms with E-state index in [0.717, 1.165) is 21.4 Å². The lowest BCUT2D eigenvalue weighted by Crippen LogP contribution is -2.37. The normalized spacial score (nSPS) is 11.0. The summed E-state index contributed by atoms with van der Waals surface area (Å²) < 4.78 is 4.23. The van der Waals surface area contributed by atoms with Crippen LogP contribution in [0.4, 0.5) is 0 Å². The highest BCUT2D eigenvalue weighted by Crippen LogP contribution is 2.25. The van der Waals surface area contributed by atoms with E-state index in [4.69, 9.17) is 0 Å². The van der Waals surface area contributed by atoms with Gasteiger partial charge in [0.25, 0.3) is 5.56 Å². The van der Waals surface area contributed by atoms with Gasteiger partial charge in [-0.1, -0.05) is 30.0 Å². The van der Waals surface area contributed by atoms with Gasteiger partial charge in [-0.3, -0.25) is 13.9 Å². The molecule has 9 heteroatoms. The standard InChI is InChI=1S/C16H18N6O2S/c1-10-6-5-7-11(2)14(10)22-15(17-18-19-22)25-9-12-8-13(23)21(4)16(24)20(12)3/h5-8H,9H2,1-4H3. The summed E-state index contributed by atoms with van der Waals surface area (Å²) in [5, 5.41) is 12.5. The lowest BCUT2D eigenvalue weighted by Gasteiger charge is -2.11. The van der Waals surface area contributed by atoms with Gasteiger partial charge in [-0.25, -0.2) is 4.79 Å². The monoisotopic (exact) mass is 358 g/mol. The zero-order chi connectivity index (χ0) is 18.1. The topological polar surface area (TPSA) is 87.6 Å². The van der Waals surface area contributed by atoms with Gasteiger partial charge in [0.05, 0.1) is 5.69 Å². The first-order valence-corrected chi connectivity index (χ1v) is 8.62. The zero-order valence-corrected chi connectivity index (χ0v) is 15.2. The summed E-state index contributed by atoms with van der Waals surface area (Å²) in [6.07, 6.45) is 0. The first-order valence-electron chi connectivity index (χ1n) is 7.64. The van der Waals surface area contributed by atoms with E-state index in [2.05, 4.69) is 15.5 Å². The van der Waals surface area contributed by atoms with Crippen molar-refractivity contribution in [1.82, 2.24) is 29.3 Å². The molecule has 8 nitrogen and oxygen atoms in total. The Labute approximate surface area is 148 Å². The van der Waals surface area contributed by atoms with Crippen LogP contribution in [-0.2, 0) is 19.8 Å². The van der Waals surface area contributed by atoms with Crippen LogP contribution in [0.25, 0.3) is 5.69 Å². The van der Waals surface area contributed by atoms with Crippen LogP contribution in [0.1, 0.15) is 16.8 Å². The summed E-state index contributed by atoms with van der Waals surface area (Å²) in [6.45, 7) is 4.01. The summed E-state index contributed by atoms with van der Waals surface area (Å²) in [7, 11) is 3.11. The van der Waals surface area contributed by atoms with Crippen LogP contribution in [0.3, 0.4) is 0 Å². The molecule has 0 aliphatic carbocycles. The Balaban J connectivity index is 1.94. The Morgan fingerprint density at radius 3 is 2.44 bits per heavy atom. The zero-order valence-electron chi connectivity index (χ0n) is 14.4. The van der Waals surface area contributed by atoms with Crippen LogP contribution in [0.15, 0.2) is 39.0 Å². The molecule has 0 N–H and O–H groups in total. The third-order valence-electron chi connectivity index (χ3n) is 4.07. The number of rotatable bonds is 4. The van der Waals surface area contributed by atoms with E-state index in [9.17, 15) is 9.59 Å². The second-order valence-electron chi connectivity index (χ2n) is 5.78. The van der Waals surface area contributed by atoms with Crippen LogP contribution >= 0.6 is 11.8 Å². The quantitative estimate of drug-likeness (QED) is 0.646. The average molecular weight is 358 g/mol. The number of nitrogens with zero attached hydrogens (tertiary/aromatic N) is 6. The van der Waals surface area contributed by atoms with Crippen LogP contribution < -0.4 is 11.2 Å². The van der Waals surface area contributed by atoms with E-state index in [-0.39, 0.29) is 11.2 Å². The second kappa shape index (κ2) is 6.67. The molecule has 3 rings (SSSR count). The number of tetrazole rings is 1. The molecule has 0 saturated heterocycles. The van der Waals surface area contributed by atoms with Gasteiger partial charge in [-0.05, 0) is 35.4 Å². The first kappa shape index (κ1) is 17.2. The Hall–Kier alpha value is -2.68. The molecule has 0 amide bonds. The summed E-state index contributed by atoms with van der Waals surface area (Å²) in [6, 6.07) is 7.45. The van der Waals surface area contributed by atoms with E-state index < -0.39 is 0 Å². The molecule has 0 saturated carbocycles. The molecule has 0 fully saturated rings. The Bertz CT molecular complexity index is 1030. The molecule has 0 atom stereocenters. The number of para-hydroxylation sites is 1. The van der Waals surface area contributed by atoms with Gasteiger partial charge in [0.2, 0.25) is 5.16 Å². The molecule has 3 aromatic rings. The van der Waals surface area contributed by atoms with Crippen LogP contribution in [0.5, 0.6) is 0 Å². The predicted molar refractivity (Wildman–Crippen MR) is 95.1 cm³/mol. The fourth-order valence-corrected chi connectivity index (χ4v) is 3.50. The lowest BCUT2D eigenvalue weighted by molar-refractivity contribution is 0.664. The Morgan fingerprint density at radius 1 is 1.08 bits per heavy atom. The Kier molecular flexibility index (Phi) is 4.58. The highest BCUT2D eigenvalue weighted by molar-refractivity contribution is 7.98. The first-order chi connectivity index (χ1) is 11.9. The van der Waals surface area contributed by atoms with Crippen molar-refractivity contribution in [3.63, 3.8) is 0 Å². The third-order valence-corrected chi connectivity index (χ3v) is 5.02. The molecule has 0 bridgehead atoms. The lowest BCUT2D eigenvalue weighted by atomic mass is 10.1. The van der Waals surface area contributed by atoms with Crippen molar-refractivity contribution >= 4 is 11.8 Å². The maximum Gasteiger partial charge on any atom is 0.330 e.